The fraction of sp³-hybridized carbons (Fsp3) is 0.250. The minimum Gasteiger partial charge on any atom is -0.462 e. The Balaban J connectivity index is 1.33. The van der Waals surface area contributed by atoms with Gasteiger partial charge in [0.2, 0.25) is 17.7 Å². The number of esters is 1. The number of carbonyl (C=O) groups is 4. The van der Waals surface area contributed by atoms with Crippen molar-refractivity contribution in [3.63, 3.8) is 0 Å². The van der Waals surface area contributed by atoms with Gasteiger partial charge in [-0.2, -0.15) is 0 Å². The number of benzene rings is 3. The summed E-state index contributed by atoms with van der Waals surface area (Å²) in [6.07, 6.45) is 2.36. The number of aryl methyl sites for hydroxylation is 1. The maximum Gasteiger partial charge on any atom is 0.338 e. The summed E-state index contributed by atoms with van der Waals surface area (Å²) in [5.41, 5.74) is 3.52. The highest BCUT2D eigenvalue weighted by Gasteiger charge is 2.70. The van der Waals surface area contributed by atoms with E-state index in [9.17, 15) is 19.2 Å². The molecule has 3 aromatic carbocycles. The third-order valence-corrected chi connectivity index (χ3v) is 8.62. The zero-order valence-electron chi connectivity index (χ0n) is 22.6. The number of para-hydroxylation sites is 1. The number of aromatic amines is 1. The van der Waals surface area contributed by atoms with Crippen LogP contribution in [0.5, 0.6) is 0 Å². The number of rotatable bonds is 5. The summed E-state index contributed by atoms with van der Waals surface area (Å²) in [6, 6.07) is 19.3. The Labute approximate surface area is 235 Å². The van der Waals surface area contributed by atoms with Gasteiger partial charge in [0.05, 0.1) is 29.7 Å². The molecular formula is C32H28N4O5. The van der Waals surface area contributed by atoms with Crippen molar-refractivity contribution in [2.24, 2.45) is 11.8 Å². The third-order valence-electron chi connectivity index (χ3n) is 8.62. The lowest BCUT2D eigenvalue weighted by atomic mass is 9.76. The van der Waals surface area contributed by atoms with Crippen LogP contribution < -0.4 is 15.5 Å². The predicted molar refractivity (Wildman–Crippen MR) is 152 cm³/mol. The Morgan fingerprint density at radius 3 is 2.56 bits per heavy atom. The topological polar surface area (TPSA) is 121 Å². The van der Waals surface area contributed by atoms with Gasteiger partial charge >= 0.3 is 5.97 Å². The van der Waals surface area contributed by atoms with Crippen LogP contribution in [-0.4, -0.2) is 41.3 Å². The second-order valence-corrected chi connectivity index (χ2v) is 10.9. The molecule has 1 spiro atoms. The van der Waals surface area contributed by atoms with Gasteiger partial charge in [0, 0.05) is 34.4 Å². The van der Waals surface area contributed by atoms with Crippen LogP contribution in [0.15, 0.2) is 72.9 Å². The Bertz CT molecular complexity index is 1760. The van der Waals surface area contributed by atoms with Crippen LogP contribution in [0.2, 0.25) is 0 Å². The molecule has 2 fully saturated rings. The smallest absolute Gasteiger partial charge is 0.338 e. The van der Waals surface area contributed by atoms with E-state index in [1.807, 2.05) is 55.6 Å². The van der Waals surface area contributed by atoms with Gasteiger partial charge in [0.25, 0.3) is 0 Å². The first-order chi connectivity index (χ1) is 19.8. The van der Waals surface area contributed by atoms with Gasteiger partial charge in [-0.1, -0.05) is 35.9 Å². The van der Waals surface area contributed by atoms with Crippen LogP contribution in [-0.2, 0) is 31.1 Å². The molecule has 0 aliphatic carbocycles. The molecule has 3 N–H and O–H groups in total. The molecule has 4 heterocycles. The van der Waals surface area contributed by atoms with E-state index in [-0.39, 0.29) is 18.4 Å². The van der Waals surface area contributed by atoms with Crippen LogP contribution in [0.25, 0.3) is 10.9 Å². The highest BCUT2D eigenvalue weighted by molar-refractivity contribution is 6.26. The Morgan fingerprint density at radius 1 is 1.00 bits per heavy atom. The minimum absolute atomic E-state index is 0.239. The van der Waals surface area contributed by atoms with E-state index in [0.29, 0.717) is 28.9 Å². The van der Waals surface area contributed by atoms with Crippen molar-refractivity contribution in [3.8, 4) is 0 Å². The molecule has 3 aliphatic rings. The van der Waals surface area contributed by atoms with Crippen molar-refractivity contribution in [2.45, 2.75) is 31.8 Å². The number of anilines is 2. The maximum absolute atomic E-state index is 14.3. The van der Waals surface area contributed by atoms with Crippen LogP contribution in [0.1, 0.15) is 34.0 Å². The van der Waals surface area contributed by atoms with Gasteiger partial charge in [-0.25, -0.2) is 9.69 Å². The molecular weight excluding hydrogens is 520 g/mol. The fourth-order valence-corrected chi connectivity index (χ4v) is 6.84. The van der Waals surface area contributed by atoms with E-state index in [1.165, 1.54) is 4.90 Å². The molecule has 206 valence electrons. The summed E-state index contributed by atoms with van der Waals surface area (Å²) in [5.74, 6) is -3.35. The SMILES string of the molecule is CCOC(=O)c1ccc(N2C(=O)[C@@H]3[C@H](Cc4c[nH]c5ccccc45)N[C@@]4(C(=O)Nc5ccc(C)cc54)[C@@H]3C2=O)cc1. The van der Waals surface area contributed by atoms with Crippen molar-refractivity contribution in [2.75, 3.05) is 16.8 Å². The first kappa shape index (κ1) is 25.2. The molecule has 3 aliphatic heterocycles. The quantitative estimate of drug-likeness (QED) is 0.258. The van der Waals surface area contributed by atoms with Gasteiger partial charge in [0.15, 0.2) is 0 Å². The lowest BCUT2D eigenvalue weighted by molar-refractivity contribution is -0.130. The second-order valence-electron chi connectivity index (χ2n) is 10.9. The largest absolute Gasteiger partial charge is 0.462 e. The van der Waals surface area contributed by atoms with Crippen LogP contribution in [0, 0.1) is 18.8 Å². The predicted octanol–water partition coefficient (Wildman–Crippen LogP) is 3.82. The first-order valence-electron chi connectivity index (χ1n) is 13.7. The summed E-state index contributed by atoms with van der Waals surface area (Å²) in [4.78, 5) is 58.9. The highest BCUT2D eigenvalue weighted by atomic mass is 16.5. The molecule has 7 rings (SSSR count). The number of H-pyrrole nitrogens is 1. The van der Waals surface area contributed by atoms with E-state index >= 15 is 0 Å². The van der Waals surface area contributed by atoms with Crippen molar-refractivity contribution >= 4 is 46.0 Å². The molecule has 2 saturated heterocycles. The van der Waals surface area contributed by atoms with Crippen molar-refractivity contribution < 1.29 is 23.9 Å². The molecule has 0 bridgehead atoms. The van der Waals surface area contributed by atoms with Gasteiger partial charge in [-0.15, -0.1) is 0 Å². The summed E-state index contributed by atoms with van der Waals surface area (Å²) >= 11 is 0. The van der Waals surface area contributed by atoms with Gasteiger partial charge < -0.3 is 15.0 Å². The lowest BCUT2D eigenvalue weighted by Crippen LogP contribution is -2.53. The lowest BCUT2D eigenvalue weighted by Gasteiger charge is -2.29. The third kappa shape index (κ3) is 3.58. The number of hydrogen-bond donors (Lipinski definition) is 3. The molecule has 9 heteroatoms. The number of ether oxygens (including phenoxy) is 1. The monoisotopic (exact) mass is 548 g/mol. The van der Waals surface area contributed by atoms with Crippen LogP contribution in [0.3, 0.4) is 0 Å². The Kier molecular flexibility index (Phi) is 5.62. The Morgan fingerprint density at radius 2 is 1.78 bits per heavy atom. The molecule has 0 saturated carbocycles. The van der Waals surface area contributed by atoms with Crippen molar-refractivity contribution in [1.82, 2.24) is 10.3 Å². The number of carbonyl (C=O) groups excluding carboxylic acids is 4. The highest BCUT2D eigenvalue weighted by Crippen LogP contribution is 2.54. The number of aromatic nitrogens is 1. The van der Waals surface area contributed by atoms with E-state index < -0.39 is 35.3 Å². The van der Waals surface area contributed by atoms with Crippen molar-refractivity contribution in [3.05, 3.63) is 95.2 Å². The molecule has 4 atom stereocenters. The first-order valence-corrected chi connectivity index (χ1v) is 13.7. The number of nitrogens with one attached hydrogen (secondary N) is 3. The van der Waals surface area contributed by atoms with E-state index in [1.54, 1.807) is 31.2 Å². The van der Waals surface area contributed by atoms with Crippen molar-refractivity contribution in [1.29, 1.82) is 0 Å². The van der Waals surface area contributed by atoms with Crippen LogP contribution in [0.4, 0.5) is 11.4 Å². The fourth-order valence-electron chi connectivity index (χ4n) is 6.84. The zero-order chi connectivity index (χ0) is 28.5. The summed E-state index contributed by atoms with van der Waals surface area (Å²) < 4.78 is 5.07. The molecule has 0 radical (unpaired) electrons. The standard InChI is InChI=1S/C32H28N4O5/c1-3-41-30(39)18-9-11-20(12-10-18)36-28(37)26-25(15-19-16-33-23-7-5-4-6-21(19)23)35-32(27(26)29(36)38)22-14-17(2)8-13-24(22)34-31(32)40/h4-14,16,25-27,33,35H,3,15H2,1-2H3,(H,34,40)/t25-,26+,27-,32+/m0/s1. The average Bonchev–Trinajstić information content (AvgIpc) is 3.68. The molecule has 41 heavy (non-hydrogen) atoms. The number of nitrogens with zero attached hydrogens (tertiary/aromatic N) is 1. The maximum atomic E-state index is 14.3. The summed E-state index contributed by atoms with van der Waals surface area (Å²) in [5, 5.41) is 7.51. The average molecular weight is 549 g/mol. The Hall–Kier alpha value is -4.76. The van der Waals surface area contributed by atoms with Gasteiger partial charge in [-0.3, -0.25) is 19.7 Å². The molecule has 3 amide bonds. The molecule has 4 aromatic rings. The molecule has 0 unspecified atom stereocenters. The van der Waals surface area contributed by atoms with Gasteiger partial charge in [0.1, 0.15) is 5.54 Å². The molecule has 1 aromatic heterocycles. The number of amides is 3. The number of imide groups is 1. The van der Waals surface area contributed by atoms with E-state index in [2.05, 4.69) is 15.6 Å². The van der Waals surface area contributed by atoms with Gasteiger partial charge in [-0.05, 0) is 62.2 Å². The minimum atomic E-state index is -1.39. The second kappa shape index (κ2) is 9.14. The summed E-state index contributed by atoms with van der Waals surface area (Å²) in [7, 11) is 0. The number of fused-ring (bicyclic) bond motifs is 5. The zero-order valence-corrected chi connectivity index (χ0v) is 22.6. The molecule has 9 nitrogen and oxygen atoms in total. The van der Waals surface area contributed by atoms with Crippen LogP contribution >= 0.6 is 0 Å². The van der Waals surface area contributed by atoms with E-state index in [4.69, 9.17) is 4.74 Å². The summed E-state index contributed by atoms with van der Waals surface area (Å²) in [6.45, 7) is 3.90. The number of hydrogen-bond acceptors (Lipinski definition) is 6. The normalized spacial score (nSPS) is 24.7. The van der Waals surface area contributed by atoms with E-state index in [0.717, 1.165) is 22.0 Å².